The lowest BCUT2D eigenvalue weighted by Crippen LogP contribution is -2.10. The molecule has 0 amide bonds. The Kier molecular flexibility index (Phi) is 5.60. The van der Waals surface area contributed by atoms with Gasteiger partial charge in [-0.05, 0) is 25.2 Å². The first-order valence-electron chi connectivity index (χ1n) is 4.51. The van der Waals surface area contributed by atoms with E-state index < -0.39 is 0 Å². The molecule has 0 aromatic heterocycles. The highest BCUT2D eigenvalue weighted by Gasteiger charge is 2.12. The molecular formula is C10H18O2. The van der Waals surface area contributed by atoms with Gasteiger partial charge in [0, 0.05) is 12.8 Å². The molecule has 0 fully saturated rings. The summed E-state index contributed by atoms with van der Waals surface area (Å²) in [5, 5.41) is 0. The van der Waals surface area contributed by atoms with Crippen LogP contribution >= 0.6 is 0 Å². The van der Waals surface area contributed by atoms with Gasteiger partial charge in [-0.15, -0.1) is 0 Å². The van der Waals surface area contributed by atoms with Crippen LogP contribution in [0.25, 0.3) is 0 Å². The van der Waals surface area contributed by atoms with E-state index in [9.17, 15) is 9.59 Å². The summed E-state index contributed by atoms with van der Waals surface area (Å²) in [4.78, 5) is 21.0. The monoisotopic (exact) mass is 170 g/mol. The third-order valence-corrected chi connectivity index (χ3v) is 2.21. The molecule has 1 atom stereocenters. The van der Waals surface area contributed by atoms with Crippen molar-refractivity contribution >= 4 is 12.1 Å². The Hall–Kier alpha value is -0.660. The van der Waals surface area contributed by atoms with Crippen molar-refractivity contribution in [1.82, 2.24) is 0 Å². The number of rotatable bonds is 6. The molecule has 0 aliphatic heterocycles. The van der Waals surface area contributed by atoms with Crippen molar-refractivity contribution in [3.05, 3.63) is 0 Å². The van der Waals surface area contributed by atoms with E-state index in [0.717, 1.165) is 12.7 Å². The van der Waals surface area contributed by atoms with Crippen LogP contribution in [0.1, 0.15) is 40.0 Å². The summed E-state index contributed by atoms with van der Waals surface area (Å²) < 4.78 is 0. The Balaban J connectivity index is 3.78. The standard InChI is InChI=1S/C10H18O2/c1-8(2)10(6-7-11)5-4-9(3)12/h7-8,10H,4-6H2,1-3H3/t10-/m0/s1. The maximum absolute atomic E-state index is 10.7. The van der Waals surface area contributed by atoms with Crippen LogP contribution in [0.15, 0.2) is 0 Å². The van der Waals surface area contributed by atoms with Crippen LogP contribution in [0.4, 0.5) is 0 Å². The molecule has 0 aromatic carbocycles. The van der Waals surface area contributed by atoms with Gasteiger partial charge in [0.2, 0.25) is 0 Å². The molecule has 0 rings (SSSR count). The molecule has 0 saturated heterocycles. The normalized spacial score (nSPS) is 13.0. The number of ketones is 1. The molecule has 0 aromatic rings. The number of carbonyl (C=O) groups is 2. The van der Waals surface area contributed by atoms with Crippen molar-refractivity contribution < 1.29 is 9.59 Å². The first kappa shape index (κ1) is 11.3. The average molecular weight is 170 g/mol. The fourth-order valence-electron chi connectivity index (χ4n) is 1.24. The topological polar surface area (TPSA) is 34.1 Å². The van der Waals surface area contributed by atoms with Crippen molar-refractivity contribution in [1.29, 1.82) is 0 Å². The van der Waals surface area contributed by atoms with Crippen LogP contribution in [-0.4, -0.2) is 12.1 Å². The van der Waals surface area contributed by atoms with Gasteiger partial charge in [0.25, 0.3) is 0 Å². The average Bonchev–Trinajstić information content (AvgIpc) is 1.96. The molecule has 0 bridgehead atoms. The van der Waals surface area contributed by atoms with Crippen LogP contribution in [-0.2, 0) is 9.59 Å². The molecule has 0 saturated carbocycles. The van der Waals surface area contributed by atoms with Crippen LogP contribution in [0.3, 0.4) is 0 Å². The third kappa shape index (κ3) is 5.05. The molecule has 70 valence electrons. The lowest BCUT2D eigenvalue weighted by molar-refractivity contribution is -0.117. The molecule has 0 radical (unpaired) electrons. The van der Waals surface area contributed by atoms with Gasteiger partial charge in [0.05, 0.1) is 0 Å². The minimum Gasteiger partial charge on any atom is -0.303 e. The van der Waals surface area contributed by atoms with Crippen molar-refractivity contribution in [2.45, 2.75) is 40.0 Å². The quantitative estimate of drug-likeness (QED) is 0.573. The highest BCUT2D eigenvalue weighted by atomic mass is 16.1. The molecule has 2 heteroatoms. The van der Waals surface area contributed by atoms with E-state index in [-0.39, 0.29) is 5.78 Å². The molecule has 0 spiro atoms. The van der Waals surface area contributed by atoms with Crippen LogP contribution in [0.5, 0.6) is 0 Å². The summed E-state index contributed by atoms with van der Waals surface area (Å²) in [6.45, 7) is 5.78. The van der Waals surface area contributed by atoms with Gasteiger partial charge in [-0.25, -0.2) is 0 Å². The Labute approximate surface area is 74.3 Å². The van der Waals surface area contributed by atoms with E-state index in [1.54, 1.807) is 6.92 Å². The number of hydrogen-bond donors (Lipinski definition) is 0. The lowest BCUT2D eigenvalue weighted by atomic mass is 9.88. The van der Waals surface area contributed by atoms with Gasteiger partial charge >= 0.3 is 0 Å². The highest BCUT2D eigenvalue weighted by molar-refractivity contribution is 5.75. The summed E-state index contributed by atoms with van der Waals surface area (Å²) in [5.74, 6) is 1.09. The minimum absolute atomic E-state index is 0.214. The second-order valence-electron chi connectivity index (χ2n) is 3.65. The Morgan fingerprint density at radius 3 is 2.33 bits per heavy atom. The molecule has 0 heterocycles. The molecule has 0 N–H and O–H groups in total. The number of aldehydes is 1. The molecule has 2 nitrogen and oxygen atoms in total. The van der Waals surface area contributed by atoms with Gasteiger partial charge in [0.15, 0.2) is 0 Å². The lowest BCUT2D eigenvalue weighted by Gasteiger charge is -2.16. The van der Waals surface area contributed by atoms with Crippen molar-refractivity contribution in [3.8, 4) is 0 Å². The summed E-state index contributed by atoms with van der Waals surface area (Å²) in [7, 11) is 0. The number of Topliss-reactive ketones (excluding diaryl/α,β-unsaturated/α-hetero) is 1. The van der Waals surface area contributed by atoms with Crippen LogP contribution in [0.2, 0.25) is 0 Å². The zero-order valence-corrected chi connectivity index (χ0v) is 8.17. The molecule has 0 aliphatic rings. The van der Waals surface area contributed by atoms with Gasteiger partial charge in [-0.3, -0.25) is 0 Å². The van der Waals surface area contributed by atoms with E-state index >= 15 is 0 Å². The van der Waals surface area contributed by atoms with Crippen molar-refractivity contribution in [2.24, 2.45) is 11.8 Å². The van der Waals surface area contributed by atoms with Crippen molar-refractivity contribution in [3.63, 3.8) is 0 Å². The number of hydrogen-bond acceptors (Lipinski definition) is 2. The molecular weight excluding hydrogens is 152 g/mol. The van der Waals surface area contributed by atoms with Crippen molar-refractivity contribution in [2.75, 3.05) is 0 Å². The zero-order chi connectivity index (χ0) is 9.56. The largest absolute Gasteiger partial charge is 0.303 e. The Bertz CT molecular complexity index is 150. The summed E-state index contributed by atoms with van der Waals surface area (Å²) in [5.41, 5.74) is 0. The van der Waals surface area contributed by atoms with Crippen LogP contribution in [0, 0.1) is 11.8 Å². The molecule has 0 aliphatic carbocycles. The van der Waals surface area contributed by atoms with E-state index in [1.165, 1.54) is 0 Å². The summed E-state index contributed by atoms with van der Waals surface area (Å²) in [6, 6.07) is 0. The predicted octanol–water partition coefficient (Wildman–Crippen LogP) is 2.22. The molecule has 0 unspecified atom stereocenters. The zero-order valence-electron chi connectivity index (χ0n) is 8.17. The Morgan fingerprint density at radius 2 is 2.00 bits per heavy atom. The maximum Gasteiger partial charge on any atom is 0.129 e. The molecule has 12 heavy (non-hydrogen) atoms. The second-order valence-corrected chi connectivity index (χ2v) is 3.65. The van der Waals surface area contributed by atoms with E-state index in [1.807, 2.05) is 0 Å². The number of carbonyl (C=O) groups excluding carboxylic acids is 2. The highest BCUT2D eigenvalue weighted by Crippen LogP contribution is 2.19. The Morgan fingerprint density at radius 1 is 1.42 bits per heavy atom. The van der Waals surface area contributed by atoms with E-state index in [0.29, 0.717) is 24.7 Å². The maximum atomic E-state index is 10.7. The second kappa shape index (κ2) is 5.92. The van der Waals surface area contributed by atoms with Gasteiger partial charge < -0.3 is 9.59 Å². The predicted molar refractivity (Wildman–Crippen MR) is 48.9 cm³/mol. The SMILES string of the molecule is CC(=O)CC[C@@H](CC=O)C(C)C. The third-order valence-electron chi connectivity index (χ3n) is 2.21. The van der Waals surface area contributed by atoms with E-state index in [4.69, 9.17) is 0 Å². The first-order chi connectivity index (χ1) is 5.57. The van der Waals surface area contributed by atoms with Gasteiger partial charge in [-0.1, -0.05) is 13.8 Å². The smallest absolute Gasteiger partial charge is 0.129 e. The fourth-order valence-corrected chi connectivity index (χ4v) is 1.24. The van der Waals surface area contributed by atoms with E-state index in [2.05, 4.69) is 13.8 Å². The van der Waals surface area contributed by atoms with Gasteiger partial charge in [0.1, 0.15) is 12.1 Å². The first-order valence-corrected chi connectivity index (χ1v) is 4.51. The van der Waals surface area contributed by atoms with Gasteiger partial charge in [-0.2, -0.15) is 0 Å². The van der Waals surface area contributed by atoms with Crippen LogP contribution < -0.4 is 0 Å². The fraction of sp³-hybridized carbons (Fsp3) is 0.800. The summed E-state index contributed by atoms with van der Waals surface area (Å²) >= 11 is 0. The summed E-state index contributed by atoms with van der Waals surface area (Å²) in [6.07, 6.45) is 3.00. The minimum atomic E-state index is 0.214.